The summed E-state index contributed by atoms with van der Waals surface area (Å²) < 4.78 is 64.4. The fourth-order valence-electron chi connectivity index (χ4n) is 2.55. The lowest BCUT2D eigenvalue weighted by Gasteiger charge is -2.33. The predicted octanol–water partition coefficient (Wildman–Crippen LogP) is 2.58. The average molecular weight is 422 g/mol. The van der Waals surface area contributed by atoms with Gasteiger partial charge in [-0.05, 0) is 12.1 Å². The highest BCUT2D eigenvalue weighted by molar-refractivity contribution is 7.89. The Hall–Kier alpha value is -2.25. The van der Waals surface area contributed by atoms with Crippen LogP contribution in [0, 0.1) is 10.1 Å². The monoisotopic (exact) mass is 422 g/mol. The van der Waals surface area contributed by atoms with Crippen LogP contribution < -0.4 is 4.90 Å². The van der Waals surface area contributed by atoms with Gasteiger partial charge in [-0.3, -0.25) is 10.1 Å². The second-order valence-electron chi connectivity index (χ2n) is 5.66. The summed E-state index contributed by atoms with van der Waals surface area (Å²) >= 11 is 0.855. The molecule has 0 N–H and O–H groups in total. The maximum absolute atomic E-state index is 12.6. The summed E-state index contributed by atoms with van der Waals surface area (Å²) in [5.74, 6) is 0. The van der Waals surface area contributed by atoms with Crippen molar-refractivity contribution in [2.45, 2.75) is 11.1 Å². The lowest BCUT2D eigenvalue weighted by Crippen LogP contribution is -2.48. The molecule has 1 aliphatic heterocycles. The Morgan fingerprint density at radius 3 is 2.19 bits per heavy atom. The van der Waals surface area contributed by atoms with Crippen molar-refractivity contribution >= 4 is 32.2 Å². The second kappa shape index (κ2) is 7.05. The Morgan fingerprint density at radius 1 is 1.11 bits per heavy atom. The molecule has 8 nitrogen and oxygen atoms in total. The van der Waals surface area contributed by atoms with Crippen molar-refractivity contribution in [1.82, 2.24) is 9.29 Å². The van der Waals surface area contributed by atoms with Crippen molar-refractivity contribution in [3.8, 4) is 0 Å². The van der Waals surface area contributed by atoms with Gasteiger partial charge in [-0.25, -0.2) is 13.4 Å². The van der Waals surface area contributed by atoms with Crippen LogP contribution in [0.3, 0.4) is 0 Å². The Morgan fingerprint density at radius 2 is 1.70 bits per heavy atom. The number of nitro groups is 1. The van der Waals surface area contributed by atoms with E-state index < -0.39 is 26.8 Å². The first-order valence-electron chi connectivity index (χ1n) is 7.61. The Balaban J connectivity index is 1.69. The molecule has 0 saturated carbocycles. The van der Waals surface area contributed by atoms with Gasteiger partial charge in [0.1, 0.15) is 0 Å². The topological polar surface area (TPSA) is 96.6 Å². The number of nitro benzene ring substituents is 1. The maximum atomic E-state index is 12.6. The number of sulfonamides is 1. The molecule has 0 atom stereocenters. The number of aromatic nitrogens is 1. The third-order valence-electron chi connectivity index (χ3n) is 3.98. The van der Waals surface area contributed by atoms with E-state index in [9.17, 15) is 31.7 Å². The van der Waals surface area contributed by atoms with Crippen LogP contribution in [0.4, 0.5) is 24.0 Å². The summed E-state index contributed by atoms with van der Waals surface area (Å²) in [6, 6.07) is 4.54. The van der Waals surface area contributed by atoms with Crippen molar-refractivity contribution in [1.29, 1.82) is 0 Å². The minimum Gasteiger partial charge on any atom is -0.345 e. The summed E-state index contributed by atoms with van der Waals surface area (Å²) in [7, 11) is -3.84. The summed E-state index contributed by atoms with van der Waals surface area (Å²) in [6.45, 7) is 0.522. The minimum atomic E-state index is -4.52. The second-order valence-corrected chi connectivity index (χ2v) is 8.43. The Kier molecular flexibility index (Phi) is 5.10. The first-order chi connectivity index (χ1) is 12.6. The van der Waals surface area contributed by atoms with Crippen LogP contribution in [-0.2, 0) is 16.2 Å². The fraction of sp³-hybridized carbons (Fsp3) is 0.357. The zero-order chi connectivity index (χ0) is 19.8. The molecule has 3 rings (SSSR count). The molecule has 2 aromatic rings. The molecular weight excluding hydrogens is 409 g/mol. The van der Waals surface area contributed by atoms with Gasteiger partial charge < -0.3 is 4.90 Å². The predicted molar refractivity (Wildman–Crippen MR) is 91.2 cm³/mol. The van der Waals surface area contributed by atoms with Gasteiger partial charge in [0.25, 0.3) is 5.69 Å². The first kappa shape index (κ1) is 19.5. The molecule has 146 valence electrons. The van der Waals surface area contributed by atoms with E-state index in [0.717, 1.165) is 41.0 Å². The van der Waals surface area contributed by atoms with Gasteiger partial charge in [0.05, 0.1) is 9.82 Å². The van der Waals surface area contributed by atoms with Crippen LogP contribution in [-0.4, -0.2) is 48.8 Å². The molecule has 1 aromatic carbocycles. The van der Waals surface area contributed by atoms with Gasteiger partial charge in [-0.2, -0.15) is 17.5 Å². The number of anilines is 1. The lowest BCUT2D eigenvalue weighted by atomic mass is 10.3. The number of thiazole rings is 1. The summed E-state index contributed by atoms with van der Waals surface area (Å²) in [5, 5.41) is 11.8. The normalized spacial score (nSPS) is 16.5. The first-order valence-corrected chi connectivity index (χ1v) is 9.93. The highest BCUT2D eigenvalue weighted by Gasteiger charge is 2.35. The van der Waals surface area contributed by atoms with Gasteiger partial charge in [0, 0.05) is 43.7 Å². The molecular formula is C14H13F3N4O4S2. The number of nitrogens with zero attached hydrogens (tertiary/aromatic N) is 4. The molecule has 1 fully saturated rings. The van der Waals surface area contributed by atoms with E-state index in [1.807, 2.05) is 0 Å². The van der Waals surface area contributed by atoms with Crippen LogP contribution >= 0.6 is 11.3 Å². The number of halogens is 3. The van der Waals surface area contributed by atoms with E-state index in [-0.39, 0.29) is 41.9 Å². The third-order valence-corrected chi connectivity index (χ3v) is 6.79. The molecule has 0 aliphatic carbocycles. The molecule has 1 aromatic heterocycles. The zero-order valence-corrected chi connectivity index (χ0v) is 15.2. The van der Waals surface area contributed by atoms with Crippen molar-refractivity contribution in [2.75, 3.05) is 31.1 Å². The van der Waals surface area contributed by atoms with Gasteiger partial charge >= 0.3 is 6.18 Å². The van der Waals surface area contributed by atoms with Gasteiger partial charge in [0.15, 0.2) is 10.8 Å². The zero-order valence-electron chi connectivity index (χ0n) is 13.6. The van der Waals surface area contributed by atoms with Gasteiger partial charge in [-0.15, -0.1) is 11.3 Å². The molecule has 1 aliphatic rings. The standard InChI is InChI=1S/C14H13F3N4O4S2/c15-14(16,17)12-9-26-13(18-12)19-5-7-20(8-6-19)27(24,25)11-3-1-10(2-4-11)21(22)23/h1-4,9H,5-8H2. The van der Waals surface area contributed by atoms with E-state index in [1.54, 1.807) is 4.90 Å². The number of benzene rings is 1. The Bertz CT molecular complexity index is 936. The van der Waals surface area contributed by atoms with Crippen LogP contribution in [0.1, 0.15) is 5.69 Å². The molecule has 0 amide bonds. The van der Waals surface area contributed by atoms with Gasteiger partial charge in [0.2, 0.25) is 10.0 Å². The molecule has 0 spiro atoms. The Labute approximate surface area is 156 Å². The molecule has 2 heterocycles. The molecule has 0 unspecified atom stereocenters. The maximum Gasteiger partial charge on any atom is 0.434 e. The summed E-state index contributed by atoms with van der Waals surface area (Å²) in [5.41, 5.74) is -1.19. The largest absolute Gasteiger partial charge is 0.434 e. The van der Waals surface area contributed by atoms with Gasteiger partial charge in [-0.1, -0.05) is 0 Å². The number of hydrogen-bond donors (Lipinski definition) is 0. The molecule has 0 bridgehead atoms. The smallest absolute Gasteiger partial charge is 0.345 e. The van der Waals surface area contributed by atoms with Crippen molar-refractivity contribution in [3.63, 3.8) is 0 Å². The van der Waals surface area contributed by atoms with Crippen LogP contribution in [0.2, 0.25) is 0 Å². The van der Waals surface area contributed by atoms with Crippen LogP contribution in [0.25, 0.3) is 0 Å². The summed E-state index contributed by atoms with van der Waals surface area (Å²) in [4.78, 5) is 15.1. The van der Waals surface area contributed by atoms with Crippen molar-refractivity contribution in [3.05, 3.63) is 45.5 Å². The van der Waals surface area contributed by atoms with E-state index in [1.165, 1.54) is 4.31 Å². The van der Waals surface area contributed by atoms with Crippen LogP contribution in [0.15, 0.2) is 34.5 Å². The van der Waals surface area contributed by atoms with Crippen molar-refractivity contribution in [2.24, 2.45) is 0 Å². The lowest BCUT2D eigenvalue weighted by molar-refractivity contribution is -0.384. The number of non-ortho nitro benzene ring substituents is 1. The van der Waals surface area contributed by atoms with Crippen molar-refractivity contribution < 1.29 is 26.5 Å². The minimum absolute atomic E-state index is 0.0697. The third kappa shape index (κ3) is 4.04. The highest BCUT2D eigenvalue weighted by Crippen LogP contribution is 2.33. The average Bonchev–Trinajstić information content (AvgIpc) is 3.12. The number of piperazine rings is 1. The van der Waals surface area contributed by atoms with Crippen LogP contribution in [0.5, 0.6) is 0 Å². The number of rotatable bonds is 4. The molecule has 13 heteroatoms. The highest BCUT2D eigenvalue weighted by atomic mass is 32.2. The molecule has 0 radical (unpaired) electrons. The number of hydrogen-bond acceptors (Lipinski definition) is 7. The molecule has 27 heavy (non-hydrogen) atoms. The SMILES string of the molecule is O=[N+]([O-])c1ccc(S(=O)(=O)N2CCN(c3nc(C(F)(F)F)cs3)CC2)cc1. The van der Waals surface area contributed by atoms with E-state index in [4.69, 9.17) is 0 Å². The quantitative estimate of drug-likeness (QED) is 0.555. The summed E-state index contributed by atoms with van der Waals surface area (Å²) in [6.07, 6.45) is -4.52. The van der Waals surface area contributed by atoms with E-state index in [0.29, 0.717) is 0 Å². The number of alkyl halides is 3. The fourth-order valence-corrected chi connectivity index (χ4v) is 4.86. The van der Waals surface area contributed by atoms with E-state index >= 15 is 0 Å². The van der Waals surface area contributed by atoms with E-state index in [2.05, 4.69) is 4.98 Å². The molecule has 1 saturated heterocycles.